The summed E-state index contributed by atoms with van der Waals surface area (Å²) in [7, 11) is 0. The van der Waals surface area contributed by atoms with E-state index in [1.54, 1.807) is 19.9 Å². The van der Waals surface area contributed by atoms with Gasteiger partial charge < -0.3 is 9.47 Å². The molecule has 19 heavy (non-hydrogen) atoms. The number of alkyl halides is 2. The van der Waals surface area contributed by atoms with Crippen LogP contribution in [0.2, 0.25) is 0 Å². The van der Waals surface area contributed by atoms with Gasteiger partial charge in [0.2, 0.25) is 0 Å². The molecule has 0 aliphatic heterocycles. The van der Waals surface area contributed by atoms with Crippen molar-refractivity contribution in [1.82, 2.24) is 0 Å². The highest BCUT2D eigenvalue weighted by Crippen LogP contribution is 2.27. The lowest BCUT2D eigenvalue weighted by molar-refractivity contribution is -0.0501. The second-order valence-corrected chi connectivity index (χ2v) is 3.54. The molecule has 0 saturated heterocycles. The van der Waals surface area contributed by atoms with Gasteiger partial charge in [-0.15, -0.1) is 0 Å². The number of benzene rings is 1. The zero-order chi connectivity index (χ0) is 14.4. The molecule has 6 heteroatoms. The van der Waals surface area contributed by atoms with Gasteiger partial charge >= 0.3 is 12.6 Å². The molecule has 0 aliphatic carbocycles. The van der Waals surface area contributed by atoms with Crippen molar-refractivity contribution < 1.29 is 23.0 Å². The molecule has 4 nitrogen and oxygen atoms in total. The molecule has 102 valence electrons. The lowest BCUT2D eigenvalue weighted by Crippen LogP contribution is -2.13. The SMILES string of the molecule is CCOC(=O)c1c(CC)ccc(OC(F)F)c1C#N. The van der Waals surface area contributed by atoms with E-state index in [1.807, 2.05) is 0 Å². The summed E-state index contributed by atoms with van der Waals surface area (Å²) in [5, 5.41) is 9.07. The average molecular weight is 269 g/mol. The lowest BCUT2D eigenvalue weighted by Gasteiger charge is -2.13. The van der Waals surface area contributed by atoms with Crippen LogP contribution in [0.4, 0.5) is 8.78 Å². The average Bonchev–Trinajstić information content (AvgIpc) is 2.37. The Hall–Kier alpha value is -2.16. The van der Waals surface area contributed by atoms with Crippen molar-refractivity contribution in [2.45, 2.75) is 26.9 Å². The molecule has 0 saturated carbocycles. The second kappa shape index (κ2) is 6.69. The van der Waals surface area contributed by atoms with E-state index < -0.39 is 12.6 Å². The Labute approximate surface area is 109 Å². The maximum atomic E-state index is 12.3. The highest BCUT2D eigenvalue weighted by atomic mass is 19.3. The van der Waals surface area contributed by atoms with E-state index in [0.29, 0.717) is 12.0 Å². The van der Waals surface area contributed by atoms with Crippen LogP contribution in [-0.4, -0.2) is 19.2 Å². The Morgan fingerprint density at radius 1 is 1.42 bits per heavy atom. The number of nitriles is 1. The summed E-state index contributed by atoms with van der Waals surface area (Å²) >= 11 is 0. The smallest absolute Gasteiger partial charge is 0.387 e. The molecule has 0 aromatic heterocycles. The topological polar surface area (TPSA) is 59.3 Å². The summed E-state index contributed by atoms with van der Waals surface area (Å²) in [6, 6.07) is 4.46. The fraction of sp³-hybridized carbons (Fsp3) is 0.385. The van der Waals surface area contributed by atoms with Crippen molar-refractivity contribution in [3.63, 3.8) is 0 Å². The van der Waals surface area contributed by atoms with Crippen molar-refractivity contribution in [1.29, 1.82) is 5.26 Å². The highest BCUT2D eigenvalue weighted by molar-refractivity contribution is 5.95. The second-order valence-electron chi connectivity index (χ2n) is 3.54. The first-order chi connectivity index (χ1) is 9.04. The van der Waals surface area contributed by atoms with Gasteiger partial charge in [0.1, 0.15) is 17.4 Å². The molecule has 1 aromatic rings. The summed E-state index contributed by atoms with van der Waals surface area (Å²) < 4.78 is 33.6. The molecule has 0 radical (unpaired) electrons. The molecular formula is C13H13F2NO3. The third kappa shape index (κ3) is 3.41. The standard InChI is InChI=1S/C13H13F2NO3/c1-3-8-5-6-10(19-13(14)15)9(7-16)11(8)12(17)18-4-2/h5-6,13H,3-4H2,1-2H3. The Morgan fingerprint density at radius 2 is 2.11 bits per heavy atom. The van der Waals surface area contributed by atoms with Crippen LogP contribution in [-0.2, 0) is 11.2 Å². The quantitative estimate of drug-likeness (QED) is 0.771. The van der Waals surface area contributed by atoms with E-state index in [0.717, 1.165) is 0 Å². The first-order valence-electron chi connectivity index (χ1n) is 5.73. The maximum absolute atomic E-state index is 12.3. The van der Waals surface area contributed by atoms with Gasteiger partial charge in [0.05, 0.1) is 12.2 Å². The van der Waals surface area contributed by atoms with E-state index in [4.69, 9.17) is 10.00 Å². The number of halogens is 2. The normalized spacial score (nSPS) is 10.1. The molecule has 0 bridgehead atoms. The molecule has 0 unspecified atom stereocenters. The van der Waals surface area contributed by atoms with Gasteiger partial charge in [-0.3, -0.25) is 0 Å². The van der Waals surface area contributed by atoms with Crippen molar-refractivity contribution in [2.75, 3.05) is 6.61 Å². The molecule has 0 heterocycles. The monoisotopic (exact) mass is 269 g/mol. The number of rotatable bonds is 5. The molecule has 0 N–H and O–H groups in total. The highest BCUT2D eigenvalue weighted by Gasteiger charge is 2.22. The Bertz CT molecular complexity index is 509. The molecule has 0 atom stereocenters. The van der Waals surface area contributed by atoms with Crippen molar-refractivity contribution >= 4 is 5.97 Å². The number of carbonyl (C=O) groups is 1. The maximum Gasteiger partial charge on any atom is 0.387 e. The van der Waals surface area contributed by atoms with Crippen molar-refractivity contribution in [3.05, 3.63) is 28.8 Å². The predicted octanol–water partition coefficient (Wildman–Crippen LogP) is 2.90. The molecule has 1 rings (SSSR count). The van der Waals surface area contributed by atoms with Crippen LogP contribution in [0.15, 0.2) is 12.1 Å². The molecule has 0 aliphatic rings. The van der Waals surface area contributed by atoms with Gasteiger partial charge in [0.15, 0.2) is 0 Å². The number of carbonyl (C=O) groups excluding carboxylic acids is 1. The number of aryl methyl sites for hydroxylation is 1. The van der Waals surface area contributed by atoms with Gasteiger partial charge in [-0.1, -0.05) is 13.0 Å². The first kappa shape index (κ1) is 14.9. The van der Waals surface area contributed by atoms with Crippen LogP contribution >= 0.6 is 0 Å². The van der Waals surface area contributed by atoms with E-state index >= 15 is 0 Å². The van der Waals surface area contributed by atoms with Crippen LogP contribution in [0.25, 0.3) is 0 Å². The summed E-state index contributed by atoms with van der Waals surface area (Å²) in [5.74, 6) is -1.03. The fourth-order valence-corrected chi connectivity index (χ4v) is 1.66. The van der Waals surface area contributed by atoms with Crippen LogP contribution in [0.5, 0.6) is 5.75 Å². The lowest BCUT2D eigenvalue weighted by atomic mass is 9.99. The van der Waals surface area contributed by atoms with Gasteiger partial charge in [-0.25, -0.2) is 4.79 Å². The zero-order valence-corrected chi connectivity index (χ0v) is 10.6. The largest absolute Gasteiger partial charge is 0.462 e. The fourth-order valence-electron chi connectivity index (χ4n) is 1.66. The number of nitrogens with zero attached hydrogens (tertiary/aromatic N) is 1. The first-order valence-corrected chi connectivity index (χ1v) is 5.73. The Kier molecular flexibility index (Phi) is 5.24. The Morgan fingerprint density at radius 3 is 2.58 bits per heavy atom. The van der Waals surface area contributed by atoms with Crippen molar-refractivity contribution in [2.24, 2.45) is 0 Å². The van der Waals surface area contributed by atoms with E-state index in [-0.39, 0.29) is 23.5 Å². The van der Waals surface area contributed by atoms with Crippen LogP contribution in [0.3, 0.4) is 0 Å². The van der Waals surface area contributed by atoms with Gasteiger partial charge in [0, 0.05) is 0 Å². The summed E-state index contributed by atoms with van der Waals surface area (Å²) in [5.41, 5.74) is 0.319. The molecule has 0 amide bonds. The van der Waals surface area contributed by atoms with Crippen LogP contribution in [0.1, 0.15) is 35.3 Å². The van der Waals surface area contributed by atoms with Crippen LogP contribution in [0, 0.1) is 11.3 Å². The van der Waals surface area contributed by atoms with Crippen LogP contribution < -0.4 is 4.74 Å². The molecular weight excluding hydrogens is 256 g/mol. The Balaban J connectivity index is 3.38. The minimum absolute atomic E-state index is 0.00926. The van der Waals surface area contributed by atoms with Gasteiger partial charge in [-0.2, -0.15) is 14.0 Å². The minimum Gasteiger partial charge on any atom is -0.462 e. The third-order valence-corrected chi connectivity index (χ3v) is 2.44. The number of ether oxygens (including phenoxy) is 2. The number of hydrogen-bond acceptors (Lipinski definition) is 4. The number of esters is 1. The number of hydrogen-bond donors (Lipinski definition) is 0. The third-order valence-electron chi connectivity index (χ3n) is 2.44. The van der Waals surface area contributed by atoms with E-state index in [9.17, 15) is 13.6 Å². The van der Waals surface area contributed by atoms with Gasteiger partial charge in [0.25, 0.3) is 0 Å². The predicted molar refractivity (Wildman–Crippen MR) is 63.1 cm³/mol. The van der Waals surface area contributed by atoms with Gasteiger partial charge in [-0.05, 0) is 25.0 Å². The summed E-state index contributed by atoms with van der Waals surface area (Å²) in [6.07, 6.45) is 0.470. The zero-order valence-electron chi connectivity index (χ0n) is 10.6. The van der Waals surface area contributed by atoms with E-state index in [2.05, 4.69) is 4.74 Å². The summed E-state index contributed by atoms with van der Waals surface area (Å²) in [6.45, 7) is 0.476. The molecule has 0 fully saturated rings. The van der Waals surface area contributed by atoms with E-state index in [1.165, 1.54) is 12.1 Å². The van der Waals surface area contributed by atoms with Crippen molar-refractivity contribution in [3.8, 4) is 11.8 Å². The molecule has 1 aromatic carbocycles. The minimum atomic E-state index is -3.06. The molecule has 0 spiro atoms. The summed E-state index contributed by atoms with van der Waals surface area (Å²) in [4.78, 5) is 11.8.